The summed E-state index contributed by atoms with van der Waals surface area (Å²) < 4.78 is 13.7. The van der Waals surface area contributed by atoms with Crippen LogP contribution in [-0.2, 0) is 23.2 Å². The topological polar surface area (TPSA) is 32.3 Å². The van der Waals surface area contributed by atoms with Crippen LogP contribution in [0.1, 0.15) is 48.6 Å². The summed E-state index contributed by atoms with van der Waals surface area (Å²) in [5, 5.41) is 5.14. The van der Waals surface area contributed by atoms with Gasteiger partial charge in [-0.05, 0) is 73.0 Å². The van der Waals surface area contributed by atoms with Gasteiger partial charge >= 0.3 is 0 Å². The maximum absolute atomic E-state index is 13.7. The van der Waals surface area contributed by atoms with E-state index in [0.717, 1.165) is 56.6 Å². The van der Waals surface area contributed by atoms with Crippen molar-refractivity contribution in [1.29, 1.82) is 0 Å². The third-order valence-electron chi connectivity index (χ3n) is 6.00. The van der Waals surface area contributed by atoms with Crippen molar-refractivity contribution in [3.8, 4) is 0 Å². The van der Waals surface area contributed by atoms with Crippen LogP contribution >= 0.6 is 23.7 Å². The summed E-state index contributed by atoms with van der Waals surface area (Å²) in [5.74, 6) is -0.237. The third kappa shape index (κ3) is 3.78. The molecule has 1 aromatic carbocycles. The molecule has 146 valence electrons. The number of nitrogens with zero attached hydrogens (tertiary/aromatic N) is 1. The predicted octanol–water partition coefficient (Wildman–Crippen LogP) is 5.14. The van der Waals surface area contributed by atoms with E-state index in [0.29, 0.717) is 6.42 Å². The maximum atomic E-state index is 13.7. The Kier molecular flexibility index (Phi) is 6.24. The molecule has 6 heteroatoms. The number of unbranched alkanes of at least 4 members (excludes halogenated alkanes) is 1. The molecule has 0 spiro atoms. The average Bonchev–Trinajstić information content (AvgIpc) is 3.21. The number of hydrogen-bond acceptors (Lipinski definition) is 3. The number of anilines is 1. The van der Waals surface area contributed by atoms with Crippen molar-refractivity contribution in [2.75, 3.05) is 18.4 Å². The number of hydrogen-bond donors (Lipinski definition) is 1. The molecule has 1 aromatic heterocycles. The zero-order chi connectivity index (χ0) is 18.1. The van der Waals surface area contributed by atoms with E-state index in [9.17, 15) is 9.18 Å². The molecule has 0 aliphatic carbocycles. The van der Waals surface area contributed by atoms with Crippen molar-refractivity contribution in [2.45, 2.75) is 51.0 Å². The number of benzene rings is 1. The normalized spacial score (nSPS) is 21.3. The highest BCUT2D eigenvalue weighted by atomic mass is 35.5. The highest BCUT2D eigenvalue weighted by molar-refractivity contribution is 7.10. The molecule has 3 nitrogen and oxygen atoms in total. The Balaban J connectivity index is 0.00000210. The number of carbonyl (C=O) groups excluding carboxylic acids is 1. The smallest absolute Gasteiger partial charge is 0.235 e. The summed E-state index contributed by atoms with van der Waals surface area (Å²) in [6, 6.07) is 6.89. The van der Waals surface area contributed by atoms with Gasteiger partial charge in [0.1, 0.15) is 5.82 Å². The first-order valence-electron chi connectivity index (χ1n) is 9.51. The summed E-state index contributed by atoms with van der Waals surface area (Å²) in [4.78, 5) is 16.7. The zero-order valence-electron chi connectivity index (χ0n) is 15.6. The SMILES string of the molecule is CCC1(CCCCN2CCc3sccc3C2)C(=O)Nc2ccc(F)cc21.Cl. The molecule has 1 atom stereocenters. The number of carbonyl (C=O) groups is 1. The van der Waals surface area contributed by atoms with Crippen LogP contribution in [0.25, 0.3) is 0 Å². The van der Waals surface area contributed by atoms with Crippen molar-refractivity contribution in [2.24, 2.45) is 0 Å². The van der Waals surface area contributed by atoms with Gasteiger partial charge in [0, 0.05) is 23.7 Å². The Morgan fingerprint density at radius 1 is 1.30 bits per heavy atom. The number of fused-ring (bicyclic) bond motifs is 2. The van der Waals surface area contributed by atoms with Gasteiger partial charge in [-0.3, -0.25) is 9.69 Å². The van der Waals surface area contributed by atoms with Gasteiger partial charge in [-0.2, -0.15) is 0 Å². The van der Waals surface area contributed by atoms with E-state index < -0.39 is 5.41 Å². The molecule has 0 radical (unpaired) electrons. The Labute approximate surface area is 170 Å². The molecule has 0 bridgehead atoms. The second-order valence-electron chi connectivity index (χ2n) is 7.43. The van der Waals surface area contributed by atoms with Gasteiger partial charge in [-0.1, -0.05) is 13.3 Å². The minimum atomic E-state index is -0.570. The van der Waals surface area contributed by atoms with Gasteiger partial charge in [0.25, 0.3) is 0 Å². The molecular weight excluding hydrogens is 383 g/mol. The molecule has 0 saturated heterocycles. The lowest BCUT2D eigenvalue weighted by atomic mass is 9.75. The summed E-state index contributed by atoms with van der Waals surface area (Å²) in [6.45, 7) is 5.27. The van der Waals surface area contributed by atoms with Gasteiger partial charge in [-0.25, -0.2) is 4.39 Å². The standard InChI is InChI=1S/C21H25FN2OS.ClH/c1-2-21(17-13-16(22)5-6-18(17)23-20(21)25)9-3-4-10-24-11-7-19-15(14-24)8-12-26-19;/h5-6,8,12-13H,2-4,7,9-11,14H2,1H3,(H,23,25);1H. The van der Waals surface area contributed by atoms with Gasteiger partial charge in [-0.15, -0.1) is 23.7 Å². The molecule has 2 aliphatic heterocycles. The molecular formula is C21H26ClFN2OS. The van der Waals surface area contributed by atoms with Crippen LogP contribution in [-0.4, -0.2) is 23.9 Å². The van der Waals surface area contributed by atoms with Gasteiger partial charge in [0.15, 0.2) is 0 Å². The Hall–Kier alpha value is -1.43. The fourth-order valence-electron chi connectivity index (χ4n) is 4.42. The fraction of sp³-hybridized carbons (Fsp3) is 0.476. The van der Waals surface area contributed by atoms with E-state index in [1.54, 1.807) is 12.1 Å². The monoisotopic (exact) mass is 408 g/mol. The Bertz CT molecular complexity index is 824. The van der Waals surface area contributed by atoms with Crippen molar-refractivity contribution >= 4 is 35.3 Å². The van der Waals surface area contributed by atoms with Crippen molar-refractivity contribution in [3.05, 3.63) is 51.5 Å². The van der Waals surface area contributed by atoms with E-state index in [4.69, 9.17) is 0 Å². The molecule has 1 unspecified atom stereocenters. The molecule has 0 saturated carbocycles. The first-order valence-corrected chi connectivity index (χ1v) is 10.4. The largest absolute Gasteiger partial charge is 0.325 e. The van der Waals surface area contributed by atoms with Crippen LogP contribution in [0.2, 0.25) is 0 Å². The lowest BCUT2D eigenvalue weighted by Gasteiger charge is -2.28. The summed E-state index contributed by atoms with van der Waals surface area (Å²) >= 11 is 1.87. The van der Waals surface area contributed by atoms with Gasteiger partial charge in [0.05, 0.1) is 5.41 Å². The van der Waals surface area contributed by atoms with Crippen molar-refractivity contribution in [3.63, 3.8) is 0 Å². The highest BCUT2D eigenvalue weighted by Gasteiger charge is 2.44. The van der Waals surface area contributed by atoms with Crippen LogP contribution < -0.4 is 5.32 Å². The van der Waals surface area contributed by atoms with Crippen molar-refractivity contribution < 1.29 is 9.18 Å². The molecule has 2 aliphatic rings. The van der Waals surface area contributed by atoms with E-state index in [1.165, 1.54) is 16.5 Å². The molecule has 2 aromatic rings. The predicted molar refractivity (Wildman–Crippen MR) is 111 cm³/mol. The first kappa shape index (κ1) is 20.3. The molecule has 4 rings (SSSR count). The maximum Gasteiger partial charge on any atom is 0.235 e. The second-order valence-corrected chi connectivity index (χ2v) is 8.43. The number of rotatable bonds is 6. The van der Waals surface area contributed by atoms with Gasteiger partial charge in [0.2, 0.25) is 5.91 Å². The molecule has 1 N–H and O–H groups in total. The Morgan fingerprint density at radius 3 is 2.96 bits per heavy atom. The molecule has 27 heavy (non-hydrogen) atoms. The second kappa shape index (κ2) is 8.29. The minimum Gasteiger partial charge on any atom is -0.325 e. The zero-order valence-corrected chi connectivity index (χ0v) is 17.2. The molecule has 0 fully saturated rings. The van der Waals surface area contributed by atoms with E-state index in [-0.39, 0.29) is 24.1 Å². The van der Waals surface area contributed by atoms with Crippen LogP contribution in [0.4, 0.5) is 10.1 Å². The summed E-state index contributed by atoms with van der Waals surface area (Å²) in [6.07, 6.45) is 4.69. The summed E-state index contributed by atoms with van der Waals surface area (Å²) in [7, 11) is 0. The van der Waals surface area contributed by atoms with Crippen LogP contribution in [0, 0.1) is 5.82 Å². The quantitative estimate of drug-likeness (QED) is 0.671. The number of amides is 1. The molecule has 3 heterocycles. The van der Waals surface area contributed by atoms with E-state index >= 15 is 0 Å². The lowest BCUT2D eigenvalue weighted by Crippen LogP contribution is -2.34. The van der Waals surface area contributed by atoms with Gasteiger partial charge < -0.3 is 5.32 Å². The Morgan fingerprint density at radius 2 is 2.15 bits per heavy atom. The molecule has 1 amide bonds. The number of halogens is 2. The number of nitrogens with one attached hydrogen (secondary N) is 1. The van der Waals surface area contributed by atoms with Crippen LogP contribution in [0.3, 0.4) is 0 Å². The van der Waals surface area contributed by atoms with Crippen molar-refractivity contribution in [1.82, 2.24) is 4.90 Å². The van der Waals surface area contributed by atoms with E-state index in [2.05, 4.69) is 21.7 Å². The minimum absolute atomic E-state index is 0. The fourth-order valence-corrected chi connectivity index (χ4v) is 5.31. The van der Waals surface area contributed by atoms with Crippen LogP contribution in [0.15, 0.2) is 29.6 Å². The summed E-state index contributed by atoms with van der Waals surface area (Å²) in [5.41, 5.74) is 2.52. The number of thiophene rings is 1. The highest BCUT2D eigenvalue weighted by Crippen LogP contribution is 2.44. The third-order valence-corrected chi connectivity index (χ3v) is 7.02. The average molecular weight is 409 g/mol. The van der Waals surface area contributed by atoms with E-state index in [1.807, 2.05) is 18.3 Å². The van der Waals surface area contributed by atoms with Crippen LogP contribution in [0.5, 0.6) is 0 Å². The first-order chi connectivity index (χ1) is 12.6. The lowest BCUT2D eigenvalue weighted by molar-refractivity contribution is -0.121.